The first-order valence-corrected chi connectivity index (χ1v) is 22.4. The van der Waals surface area contributed by atoms with E-state index in [0.29, 0.717) is 43.6 Å². The van der Waals surface area contributed by atoms with E-state index >= 15 is 0 Å². The average Bonchev–Trinajstić information content (AvgIpc) is 3.28. The summed E-state index contributed by atoms with van der Waals surface area (Å²) in [5.41, 5.74) is 2.21. The van der Waals surface area contributed by atoms with Crippen LogP contribution in [0.1, 0.15) is 61.4 Å². The van der Waals surface area contributed by atoms with Crippen LogP contribution in [0.5, 0.6) is 0 Å². The van der Waals surface area contributed by atoms with Crippen molar-refractivity contribution < 1.29 is 22.7 Å². The van der Waals surface area contributed by atoms with Gasteiger partial charge in [0.2, 0.25) is 0 Å². The van der Waals surface area contributed by atoms with Crippen LogP contribution in [-0.2, 0) is 26.0 Å². The van der Waals surface area contributed by atoms with Gasteiger partial charge in [0.1, 0.15) is 15.7 Å². The van der Waals surface area contributed by atoms with Crippen molar-refractivity contribution in [3.63, 3.8) is 0 Å². The number of nitrogens with zero attached hydrogens (tertiary/aromatic N) is 2. The van der Waals surface area contributed by atoms with Crippen molar-refractivity contribution in [1.82, 2.24) is 14.3 Å². The summed E-state index contributed by atoms with van der Waals surface area (Å²) in [5, 5.41) is 0.189. The van der Waals surface area contributed by atoms with Crippen molar-refractivity contribution in [2.45, 2.75) is 64.8 Å². The third-order valence-corrected chi connectivity index (χ3v) is 8.00. The van der Waals surface area contributed by atoms with E-state index in [2.05, 4.69) is 49.7 Å². The summed E-state index contributed by atoms with van der Waals surface area (Å²) in [6, 6.07) is 9.50. The van der Waals surface area contributed by atoms with Crippen molar-refractivity contribution in [2.24, 2.45) is 0 Å². The molecule has 0 saturated heterocycles. The number of rotatable bonds is 6. The second-order valence-corrected chi connectivity index (χ2v) is 23.5. The summed E-state index contributed by atoms with van der Waals surface area (Å²) < 4.78 is 30.6. The van der Waals surface area contributed by atoms with Gasteiger partial charge in [0, 0.05) is 22.5 Å². The van der Waals surface area contributed by atoms with E-state index in [9.17, 15) is 13.2 Å². The number of hydrogen-bond acceptors (Lipinski definition) is 5. The molecular formula is C23H30ClI2N3O3S2V. The fraction of sp³-hybridized carbons (Fsp3) is 0.391. The fourth-order valence-corrected chi connectivity index (χ4v) is 6.52. The molecule has 3 rings (SSSR count). The predicted octanol–water partition coefficient (Wildman–Crippen LogP) is 7.61. The number of aromatic nitrogens is 2. The maximum absolute atomic E-state index is 12.9. The summed E-state index contributed by atoms with van der Waals surface area (Å²) in [6.07, 6.45) is 0.699. The number of imidazole rings is 1. The SMILES string of the molecule is CC.Cc1cc(-c2ccc(Cn3c(C)nc(Cl)c3C=O)cc2)c(S(=O)(=O)NC(C)(C)C)s1.[I][V][I]. The van der Waals surface area contributed by atoms with E-state index in [0.717, 1.165) is 16.0 Å². The number of halogens is 3. The van der Waals surface area contributed by atoms with Crippen LogP contribution in [0.2, 0.25) is 5.15 Å². The Morgan fingerprint density at radius 3 is 2.20 bits per heavy atom. The van der Waals surface area contributed by atoms with Gasteiger partial charge in [0.15, 0.2) is 11.4 Å². The number of thiophene rings is 1. The second kappa shape index (κ2) is 14.8. The molecule has 0 radical (unpaired) electrons. The summed E-state index contributed by atoms with van der Waals surface area (Å²) in [4.78, 5) is 16.4. The third kappa shape index (κ3) is 9.70. The first kappa shape index (κ1) is 33.1. The van der Waals surface area contributed by atoms with E-state index in [1.807, 2.05) is 71.9 Å². The number of nitrogens with one attached hydrogen (secondary N) is 1. The Kier molecular flexibility index (Phi) is 14.0. The number of aldehydes is 1. The molecule has 2 aromatic heterocycles. The first-order valence-electron chi connectivity index (χ1n) is 10.7. The standard InChI is InChI=1S/C21H24ClN3O3S2.C2H6.2HI.V/c1-13-10-17(20(29-13)30(27,28)24-21(3,4)5)16-8-6-15(7-9-16)11-25-14(2)23-19(22)18(25)12-26;1-2;;;/h6-10,12,24H,11H2,1-5H3;1-2H3;2*1H;/q;;;;+2/p-2. The van der Waals surface area contributed by atoms with Crippen molar-refractivity contribution in [3.8, 4) is 11.1 Å². The van der Waals surface area contributed by atoms with Crippen molar-refractivity contribution >= 4 is 79.2 Å². The predicted molar refractivity (Wildman–Crippen MR) is 160 cm³/mol. The Hall–Kier alpha value is 0.0444. The van der Waals surface area contributed by atoms with E-state index in [1.165, 1.54) is 11.3 Å². The van der Waals surface area contributed by atoms with Gasteiger partial charge in [-0.25, -0.2) is 18.1 Å². The minimum atomic E-state index is -3.64. The van der Waals surface area contributed by atoms with E-state index in [-0.39, 0.29) is 5.15 Å². The molecule has 0 aliphatic rings. The zero-order chi connectivity index (χ0) is 27.0. The van der Waals surface area contributed by atoms with Gasteiger partial charge in [-0.3, -0.25) is 4.79 Å². The van der Waals surface area contributed by atoms with Crippen LogP contribution in [0.3, 0.4) is 0 Å². The van der Waals surface area contributed by atoms with Crippen molar-refractivity contribution in [2.75, 3.05) is 0 Å². The van der Waals surface area contributed by atoms with E-state index < -0.39 is 15.6 Å². The summed E-state index contributed by atoms with van der Waals surface area (Å²) in [7, 11) is -3.02. The number of hydrogen-bond donors (Lipinski definition) is 1. The molecule has 0 amide bonds. The van der Waals surface area contributed by atoms with Crippen LogP contribution in [0, 0.1) is 13.8 Å². The fourth-order valence-electron chi connectivity index (χ4n) is 3.17. The van der Waals surface area contributed by atoms with Crippen molar-refractivity contribution in [3.05, 3.63) is 57.4 Å². The maximum atomic E-state index is 12.9. The molecule has 193 valence electrons. The summed E-state index contributed by atoms with van der Waals surface area (Å²) >= 11 is 12.0. The molecule has 0 fully saturated rings. The number of benzene rings is 1. The molecule has 0 spiro atoms. The average molecular weight is 801 g/mol. The van der Waals surface area contributed by atoms with Gasteiger partial charge >= 0.3 is 49.4 Å². The van der Waals surface area contributed by atoms with Crippen LogP contribution in [-0.4, -0.2) is 29.8 Å². The molecule has 0 unspecified atom stereocenters. The molecule has 1 N–H and O–H groups in total. The molecule has 0 atom stereocenters. The topological polar surface area (TPSA) is 81.1 Å². The van der Waals surface area contributed by atoms with Gasteiger partial charge < -0.3 is 4.57 Å². The van der Waals surface area contributed by atoms with Gasteiger partial charge in [0.05, 0.1) is 0 Å². The minimum absolute atomic E-state index is 0.189. The molecule has 0 aliphatic heterocycles. The molecule has 0 bridgehead atoms. The number of aryl methyl sites for hydroxylation is 2. The number of carbonyl (C=O) groups is 1. The molecule has 12 heteroatoms. The molecular weight excluding hydrogens is 771 g/mol. The Labute approximate surface area is 246 Å². The second-order valence-electron chi connectivity index (χ2n) is 8.21. The van der Waals surface area contributed by atoms with Gasteiger partial charge in [-0.2, -0.15) is 0 Å². The van der Waals surface area contributed by atoms with Crippen LogP contribution in [0.4, 0.5) is 0 Å². The Balaban J connectivity index is 0.00000114. The van der Waals surface area contributed by atoms with Gasteiger partial charge in [-0.1, -0.05) is 49.7 Å². The third-order valence-electron chi connectivity index (χ3n) is 4.38. The molecule has 35 heavy (non-hydrogen) atoms. The van der Waals surface area contributed by atoms with E-state index in [4.69, 9.17) is 11.6 Å². The van der Waals surface area contributed by atoms with Gasteiger partial charge in [0.25, 0.3) is 10.0 Å². The quantitative estimate of drug-likeness (QED) is 0.206. The normalized spacial score (nSPS) is 11.1. The Morgan fingerprint density at radius 2 is 1.71 bits per heavy atom. The van der Waals surface area contributed by atoms with Crippen LogP contribution in [0.25, 0.3) is 11.1 Å². The molecule has 1 aromatic carbocycles. The first-order chi connectivity index (χ1) is 16.3. The number of carbonyl (C=O) groups excluding carboxylic acids is 1. The van der Waals surface area contributed by atoms with Crippen LogP contribution < -0.4 is 4.72 Å². The van der Waals surface area contributed by atoms with E-state index in [1.54, 1.807) is 11.5 Å². The summed E-state index contributed by atoms with van der Waals surface area (Å²) in [5.74, 6) is 0.654. The monoisotopic (exact) mass is 800 g/mol. The van der Waals surface area contributed by atoms with Gasteiger partial charge in [-0.15, -0.1) is 11.3 Å². The Bertz CT molecular complexity index is 1220. The Morgan fingerprint density at radius 1 is 1.17 bits per heavy atom. The molecule has 0 aliphatic carbocycles. The number of sulfonamides is 1. The molecule has 3 aromatic rings. The molecule has 6 nitrogen and oxygen atoms in total. The van der Waals surface area contributed by atoms with Crippen molar-refractivity contribution in [1.29, 1.82) is 0 Å². The molecule has 0 saturated carbocycles. The zero-order valence-electron chi connectivity index (χ0n) is 20.7. The molecule has 2 heterocycles. The summed E-state index contributed by atoms with van der Waals surface area (Å²) in [6.45, 7) is 13.6. The van der Waals surface area contributed by atoms with Gasteiger partial charge in [-0.05, 0) is 51.8 Å². The zero-order valence-corrected chi connectivity index (χ0v) is 28.8. The van der Waals surface area contributed by atoms with Crippen LogP contribution >= 0.6 is 62.9 Å². The van der Waals surface area contributed by atoms with Crippen LogP contribution in [0.15, 0.2) is 34.5 Å².